The molecule has 0 saturated carbocycles. The molecular weight excluding hydrogens is 388 g/mol. The number of aliphatic hydroxyl groups is 1. The van der Waals surface area contributed by atoms with Gasteiger partial charge in [0.2, 0.25) is 0 Å². The fourth-order valence-electron chi connectivity index (χ4n) is 3.08. The Balaban J connectivity index is 1.89. The van der Waals surface area contributed by atoms with Gasteiger partial charge in [0.25, 0.3) is 5.91 Å². The summed E-state index contributed by atoms with van der Waals surface area (Å²) in [5.74, 6) is -0.350. The quantitative estimate of drug-likeness (QED) is 0.446. The van der Waals surface area contributed by atoms with Crippen molar-refractivity contribution in [3.63, 3.8) is 0 Å². The predicted octanol–water partition coefficient (Wildman–Crippen LogP) is 3.69. The molecule has 0 saturated heterocycles. The zero-order chi connectivity index (χ0) is 20.8. The van der Waals surface area contributed by atoms with Crippen LogP contribution in [-0.2, 0) is 0 Å². The first kappa shape index (κ1) is 20.5. The highest BCUT2D eigenvalue weighted by Gasteiger charge is 2.17. The minimum atomic E-state index is -0.389. The highest BCUT2D eigenvalue weighted by Crippen LogP contribution is 2.23. The van der Waals surface area contributed by atoms with Gasteiger partial charge in [-0.3, -0.25) is 9.78 Å². The number of benzene rings is 2. The summed E-state index contributed by atoms with van der Waals surface area (Å²) < 4.78 is 0. The van der Waals surface area contributed by atoms with Crippen LogP contribution in [0, 0.1) is 5.41 Å². The van der Waals surface area contributed by atoms with Crippen molar-refractivity contribution < 1.29 is 9.90 Å². The largest absolute Gasteiger partial charge is 0.404 e. The third-order valence-electron chi connectivity index (χ3n) is 4.60. The van der Waals surface area contributed by atoms with Gasteiger partial charge in [-0.15, -0.1) is 0 Å². The summed E-state index contributed by atoms with van der Waals surface area (Å²) in [6, 6.07) is 14.1. The maximum absolute atomic E-state index is 12.8. The van der Waals surface area contributed by atoms with Crippen LogP contribution < -0.4 is 11.1 Å². The van der Waals surface area contributed by atoms with Crippen molar-refractivity contribution in [3.05, 3.63) is 82.8 Å². The fourth-order valence-corrected chi connectivity index (χ4v) is 3.28. The SMILES string of the molecule is N=C/C(=C\N)c1ccc2cnc(C(=O)NC(CCO)c3cccc(Cl)c3)cc2c1. The Kier molecular flexibility index (Phi) is 6.59. The lowest BCUT2D eigenvalue weighted by atomic mass is 10.0. The summed E-state index contributed by atoms with van der Waals surface area (Å²) in [4.78, 5) is 17.1. The van der Waals surface area contributed by atoms with Crippen LogP contribution in [0.2, 0.25) is 5.02 Å². The molecule has 1 amide bonds. The molecule has 2 aromatic carbocycles. The average Bonchev–Trinajstić information content (AvgIpc) is 2.73. The van der Waals surface area contributed by atoms with Gasteiger partial charge in [-0.2, -0.15) is 0 Å². The summed E-state index contributed by atoms with van der Waals surface area (Å²) in [6.45, 7) is -0.0796. The Labute approximate surface area is 173 Å². The minimum Gasteiger partial charge on any atom is -0.404 e. The number of carbonyl (C=O) groups is 1. The number of halogens is 1. The minimum absolute atomic E-state index is 0.0796. The number of aromatic nitrogens is 1. The van der Waals surface area contributed by atoms with Crippen LogP contribution in [0.15, 0.2) is 60.9 Å². The number of rotatable bonds is 7. The van der Waals surface area contributed by atoms with Gasteiger partial charge in [-0.1, -0.05) is 35.9 Å². The van der Waals surface area contributed by atoms with E-state index in [1.165, 1.54) is 12.4 Å². The zero-order valence-electron chi connectivity index (χ0n) is 15.6. The molecule has 1 heterocycles. The van der Waals surface area contributed by atoms with Gasteiger partial charge in [0, 0.05) is 41.2 Å². The van der Waals surface area contributed by atoms with Crippen LogP contribution in [-0.4, -0.2) is 28.8 Å². The first-order valence-corrected chi connectivity index (χ1v) is 9.43. The molecule has 3 rings (SSSR count). The van der Waals surface area contributed by atoms with E-state index in [9.17, 15) is 9.90 Å². The second-order valence-electron chi connectivity index (χ2n) is 6.49. The summed E-state index contributed by atoms with van der Waals surface area (Å²) in [5, 5.41) is 22.0. The number of amides is 1. The third kappa shape index (κ3) is 4.80. The number of fused-ring (bicyclic) bond motifs is 1. The standard InChI is InChI=1S/C22H21ClN4O2/c23-19-3-1-2-15(9-19)20(6-7-28)27-22(29)21-10-17-8-14(18(11-24)12-25)4-5-16(17)13-26-21/h1-5,8-13,20,24,28H,6-7,25H2,(H,27,29)/b18-12+,24-11?. The van der Waals surface area contributed by atoms with Crippen LogP contribution in [0.1, 0.15) is 34.1 Å². The van der Waals surface area contributed by atoms with Crippen molar-refractivity contribution in [2.75, 3.05) is 6.61 Å². The van der Waals surface area contributed by atoms with Crippen LogP contribution in [0.25, 0.3) is 16.3 Å². The molecule has 148 valence electrons. The van der Waals surface area contributed by atoms with Gasteiger partial charge in [-0.25, -0.2) is 0 Å². The highest BCUT2D eigenvalue weighted by molar-refractivity contribution is 6.30. The number of pyridine rings is 1. The number of allylic oxidation sites excluding steroid dienone is 1. The Morgan fingerprint density at radius 2 is 2.07 bits per heavy atom. The zero-order valence-corrected chi connectivity index (χ0v) is 16.4. The molecule has 5 N–H and O–H groups in total. The molecule has 6 nitrogen and oxygen atoms in total. The van der Waals surface area contributed by atoms with E-state index in [0.717, 1.165) is 21.9 Å². The molecule has 1 unspecified atom stereocenters. The number of hydrogen-bond acceptors (Lipinski definition) is 5. The normalized spacial score (nSPS) is 12.6. The number of aliphatic hydroxyl groups excluding tert-OH is 1. The molecular formula is C22H21ClN4O2. The second kappa shape index (κ2) is 9.32. The number of nitrogens with one attached hydrogen (secondary N) is 2. The molecule has 1 aromatic heterocycles. The summed E-state index contributed by atoms with van der Waals surface area (Å²) in [5.41, 5.74) is 8.00. The van der Waals surface area contributed by atoms with Gasteiger partial charge in [0.1, 0.15) is 5.69 Å². The van der Waals surface area contributed by atoms with Crippen molar-refractivity contribution in [2.45, 2.75) is 12.5 Å². The van der Waals surface area contributed by atoms with Gasteiger partial charge < -0.3 is 21.6 Å². The van der Waals surface area contributed by atoms with Gasteiger partial charge in [-0.05, 0) is 47.2 Å². The van der Waals surface area contributed by atoms with Crippen LogP contribution in [0.4, 0.5) is 0 Å². The lowest BCUT2D eigenvalue weighted by Crippen LogP contribution is -2.29. The van der Waals surface area contributed by atoms with E-state index in [1.54, 1.807) is 30.5 Å². The lowest BCUT2D eigenvalue weighted by Gasteiger charge is -2.18. The molecule has 7 heteroatoms. The Morgan fingerprint density at radius 3 is 2.76 bits per heavy atom. The third-order valence-corrected chi connectivity index (χ3v) is 4.83. The van der Waals surface area contributed by atoms with Crippen molar-refractivity contribution in [1.82, 2.24) is 10.3 Å². The second-order valence-corrected chi connectivity index (χ2v) is 6.93. The van der Waals surface area contributed by atoms with Crippen molar-refractivity contribution in [2.24, 2.45) is 5.73 Å². The summed E-state index contributed by atoms with van der Waals surface area (Å²) >= 11 is 6.06. The van der Waals surface area contributed by atoms with E-state index in [1.807, 2.05) is 24.3 Å². The first-order valence-electron chi connectivity index (χ1n) is 9.05. The molecule has 0 radical (unpaired) electrons. The summed E-state index contributed by atoms with van der Waals surface area (Å²) in [7, 11) is 0. The maximum Gasteiger partial charge on any atom is 0.270 e. The number of hydrogen-bond donors (Lipinski definition) is 4. The maximum atomic E-state index is 12.8. The predicted molar refractivity (Wildman–Crippen MR) is 116 cm³/mol. The smallest absolute Gasteiger partial charge is 0.270 e. The van der Waals surface area contributed by atoms with Crippen LogP contribution in [0.3, 0.4) is 0 Å². The van der Waals surface area contributed by atoms with Gasteiger partial charge in [0.15, 0.2) is 0 Å². The van der Waals surface area contributed by atoms with Crippen molar-refractivity contribution in [3.8, 4) is 0 Å². The number of nitrogens with zero attached hydrogens (tertiary/aromatic N) is 1. The molecule has 0 spiro atoms. The van der Waals surface area contributed by atoms with E-state index in [2.05, 4.69) is 10.3 Å². The summed E-state index contributed by atoms with van der Waals surface area (Å²) in [6.07, 6.45) is 4.53. The fraction of sp³-hybridized carbons (Fsp3) is 0.136. The number of carbonyl (C=O) groups excluding carboxylic acids is 1. The van der Waals surface area contributed by atoms with E-state index in [-0.39, 0.29) is 24.2 Å². The molecule has 0 fully saturated rings. The van der Waals surface area contributed by atoms with Crippen LogP contribution in [0.5, 0.6) is 0 Å². The molecule has 29 heavy (non-hydrogen) atoms. The van der Waals surface area contributed by atoms with Gasteiger partial charge in [0.05, 0.1) is 6.04 Å². The first-order chi connectivity index (χ1) is 14.0. The van der Waals surface area contributed by atoms with Crippen LogP contribution >= 0.6 is 11.6 Å². The Morgan fingerprint density at radius 1 is 1.24 bits per heavy atom. The molecule has 0 aliphatic carbocycles. The van der Waals surface area contributed by atoms with Crippen molar-refractivity contribution in [1.29, 1.82) is 5.41 Å². The monoisotopic (exact) mass is 408 g/mol. The molecule has 1 atom stereocenters. The molecule has 3 aromatic rings. The number of nitrogens with two attached hydrogens (primary N) is 1. The topological polar surface area (TPSA) is 112 Å². The molecule has 0 bridgehead atoms. The Bertz CT molecular complexity index is 1080. The van der Waals surface area contributed by atoms with E-state index >= 15 is 0 Å². The van der Waals surface area contributed by atoms with E-state index in [0.29, 0.717) is 17.0 Å². The van der Waals surface area contributed by atoms with E-state index in [4.69, 9.17) is 22.7 Å². The van der Waals surface area contributed by atoms with E-state index < -0.39 is 0 Å². The molecule has 0 aliphatic rings. The van der Waals surface area contributed by atoms with Crippen molar-refractivity contribution >= 4 is 40.1 Å². The highest BCUT2D eigenvalue weighted by atomic mass is 35.5. The molecule has 0 aliphatic heterocycles. The Hall–Kier alpha value is -3.22. The average molecular weight is 409 g/mol. The lowest BCUT2D eigenvalue weighted by molar-refractivity contribution is 0.0925. The van der Waals surface area contributed by atoms with Gasteiger partial charge >= 0.3 is 0 Å².